The molecule has 11 heavy (non-hydrogen) atoms. The van der Waals surface area contributed by atoms with Crippen LogP contribution in [0, 0.1) is 0 Å². The minimum Gasteiger partial charge on any atom is -0.375 e. The molecule has 0 aromatic carbocycles. The van der Waals surface area contributed by atoms with E-state index in [0.717, 1.165) is 13.0 Å². The first-order chi connectivity index (χ1) is 5.18. The molecule has 2 nitrogen and oxygen atoms in total. The van der Waals surface area contributed by atoms with Crippen LogP contribution in [0.5, 0.6) is 0 Å². The lowest BCUT2D eigenvalue weighted by atomic mass is 10.0. The fourth-order valence-electron chi connectivity index (χ4n) is 1.59. The van der Waals surface area contributed by atoms with Gasteiger partial charge in [-0.1, -0.05) is 0 Å². The summed E-state index contributed by atoms with van der Waals surface area (Å²) < 4.78 is 5.72. The molecule has 0 radical (unpaired) electrons. The number of ether oxygens (including phenoxy) is 1. The summed E-state index contributed by atoms with van der Waals surface area (Å²) in [7, 11) is 0. The Labute approximate surface area is 69.3 Å². The minimum absolute atomic E-state index is 0.380. The number of rotatable bonds is 2. The Morgan fingerprint density at radius 1 is 1.45 bits per heavy atom. The second-order valence-corrected chi connectivity index (χ2v) is 3.69. The summed E-state index contributed by atoms with van der Waals surface area (Å²) in [4.78, 5) is 0. The Kier molecular flexibility index (Phi) is 3.34. The van der Waals surface area contributed by atoms with Gasteiger partial charge >= 0.3 is 0 Å². The van der Waals surface area contributed by atoms with Crippen molar-refractivity contribution in [2.24, 2.45) is 0 Å². The molecule has 0 saturated carbocycles. The zero-order valence-corrected chi connectivity index (χ0v) is 7.76. The highest BCUT2D eigenvalue weighted by atomic mass is 16.5. The topological polar surface area (TPSA) is 21.3 Å². The third-order valence-corrected chi connectivity index (χ3v) is 2.04. The lowest BCUT2D eigenvalue weighted by molar-refractivity contribution is -0.0150. The predicted molar refractivity (Wildman–Crippen MR) is 46.7 cm³/mol. The van der Waals surface area contributed by atoms with Crippen molar-refractivity contribution >= 4 is 0 Å². The summed E-state index contributed by atoms with van der Waals surface area (Å²) in [5, 5.41) is 3.41. The van der Waals surface area contributed by atoms with Gasteiger partial charge in [-0.3, -0.25) is 0 Å². The van der Waals surface area contributed by atoms with Crippen LogP contribution in [0.25, 0.3) is 0 Å². The molecular formula is C9H19NO. The molecule has 1 aliphatic rings. The summed E-state index contributed by atoms with van der Waals surface area (Å²) in [6, 6.07) is 0.632. The summed E-state index contributed by atoms with van der Waals surface area (Å²) >= 11 is 0. The Morgan fingerprint density at radius 2 is 2.18 bits per heavy atom. The van der Waals surface area contributed by atoms with Gasteiger partial charge < -0.3 is 10.1 Å². The van der Waals surface area contributed by atoms with Crippen molar-refractivity contribution in [2.75, 3.05) is 6.54 Å². The molecule has 1 heterocycles. The van der Waals surface area contributed by atoms with E-state index < -0.39 is 0 Å². The molecule has 1 fully saturated rings. The first-order valence-electron chi connectivity index (χ1n) is 4.57. The van der Waals surface area contributed by atoms with Crippen molar-refractivity contribution in [2.45, 2.75) is 51.9 Å². The summed E-state index contributed by atoms with van der Waals surface area (Å²) in [5.41, 5.74) is 0. The van der Waals surface area contributed by atoms with Crippen molar-refractivity contribution in [3.8, 4) is 0 Å². The second-order valence-electron chi connectivity index (χ2n) is 3.69. The fourth-order valence-corrected chi connectivity index (χ4v) is 1.59. The van der Waals surface area contributed by atoms with Crippen molar-refractivity contribution < 1.29 is 4.74 Å². The molecule has 1 aliphatic heterocycles. The molecule has 0 aliphatic carbocycles. The average Bonchev–Trinajstić information content (AvgIpc) is 1.85. The largest absolute Gasteiger partial charge is 0.375 e. The van der Waals surface area contributed by atoms with E-state index in [1.807, 2.05) is 0 Å². The molecule has 1 saturated heterocycles. The van der Waals surface area contributed by atoms with Crippen molar-refractivity contribution in [3.05, 3.63) is 0 Å². The molecule has 1 rings (SSSR count). The summed E-state index contributed by atoms with van der Waals surface area (Å²) in [6.07, 6.45) is 3.21. The van der Waals surface area contributed by atoms with Crippen LogP contribution in [0.1, 0.15) is 33.6 Å². The van der Waals surface area contributed by atoms with E-state index in [4.69, 9.17) is 4.74 Å². The Bertz CT molecular complexity index is 112. The predicted octanol–water partition coefficient (Wildman–Crippen LogP) is 1.55. The molecule has 2 atom stereocenters. The van der Waals surface area contributed by atoms with Crippen LogP contribution >= 0.6 is 0 Å². The monoisotopic (exact) mass is 157 g/mol. The van der Waals surface area contributed by atoms with Crippen molar-refractivity contribution in [1.29, 1.82) is 0 Å². The van der Waals surface area contributed by atoms with Gasteiger partial charge in [0.25, 0.3) is 0 Å². The number of piperidine rings is 1. The lowest BCUT2D eigenvalue weighted by Crippen LogP contribution is -2.40. The van der Waals surface area contributed by atoms with Crippen LogP contribution in [0.15, 0.2) is 0 Å². The molecular weight excluding hydrogens is 138 g/mol. The smallest absolute Gasteiger partial charge is 0.0605 e. The quantitative estimate of drug-likeness (QED) is 0.656. The normalized spacial score (nSPS) is 32.7. The van der Waals surface area contributed by atoms with E-state index >= 15 is 0 Å². The highest BCUT2D eigenvalue weighted by Gasteiger charge is 2.19. The highest BCUT2D eigenvalue weighted by Crippen LogP contribution is 2.13. The highest BCUT2D eigenvalue weighted by molar-refractivity contribution is 4.75. The van der Waals surface area contributed by atoms with Crippen molar-refractivity contribution in [1.82, 2.24) is 5.32 Å². The lowest BCUT2D eigenvalue weighted by Gasteiger charge is -2.29. The van der Waals surface area contributed by atoms with Gasteiger partial charge in [-0.2, -0.15) is 0 Å². The zero-order valence-electron chi connectivity index (χ0n) is 7.76. The third-order valence-electron chi connectivity index (χ3n) is 2.04. The SMILES string of the molecule is CC(C)O[C@H]1CCN[C@H](C)C1. The van der Waals surface area contributed by atoms with Crippen LogP contribution < -0.4 is 5.32 Å². The minimum atomic E-state index is 0.380. The van der Waals surface area contributed by atoms with Crippen molar-refractivity contribution in [3.63, 3.8) is 0 Å². The maximum Gasteiger partial charge on any atom is 0.0605 e. The van der Waals surface area contributed by atoms with E-state index in [0.29, 0.717) is 18.2 Å². The van der Waals surface area contributed by atoms with E-state index in [1.54, 1.807) is 0 Å². The number of nitrogens with one attached hydrogen (secondary N) is 1. The molecule has 0 bridgehead atoms. The molecule has 0 aromatic rings. The third kappa shape index (κ3) is 3.21. The van der Waals surface area contributed by atoms with Crippen LogP contribution in [-0.2, 0) is 4.74 Å². The van der Waals surface area contributed by atoms with Crippen LogP contribution in [0.4, 0.5) is 0 Å². The molecule has 0 spiro atoms. The average molecular weight is 157 g/mol. The van der Waals surface area contributed by atoms with E-state index in [2.05, 4.69) is 26.1 Å². The fraction of sp³-hybridized carbons (Fsp3) is 1.00. The number of hydrogen-bond acceptors (Lipinski definition) is 2. The van der Waals surface area contributed by atoms with Gasteiger partial charge in [0.05, 0.1) is 12.2 Å². The van der Waals surface area contributed by atoms with E-state index in [-0.39, 0.29) is 0 Å². The van der Waals surface area contributed by atoms with Gasteiger partial charge in [0.15, 0.2) is 0 Å². The van der Waals surface area contributed by atoms with Crippen LogP contribution in [0.3, 0.4) is 0 Å². The van der Waals surface area contributed by atoms with Crippen LogP contribution in [-0.4, -0.2) is 24.8 Å². The molecule has 66 valence electrons. The maximum absolute atomic E-state index is 5.72. The molecule has 0 aromatic heterocycles. The maximum atomic E-state index is 5.72. The number of hydrogen-bond donors (Lipinski definition) is 1. The Hall–Kier alpha value is -0.0800. The summed E-state index contributed by atoms with van der Waals surface area (Å²) in [5.74, 6) is 0. The zero-order chi connectivity index (χ0) is 8.27. The van der Waals surface area contributed by atoms with Gasteiger partial charge in [-0.15, -0.1) is 0 Å². The first kappa shape index (κ1) is 9.01. The molecule has 0 amide bonds. The van der Waals surface area contributed by atoms with Gasteiger partial charge in [-0.25, -0.2) is 0 Å². The molecule has 1 N–H and O–H groups in total. The van der Waals surface area contributed by atoms with Gasteiger partial charge in [0.1, 0.15) is 0 Å². The van der Waals surface area contributed by atoms with Gasteiger partial charge in [0.2, 0.25) is 0 Å². The summed E-state index contributed by atoms with van der Waals surface area (Å²) in [6.45, 7) is 7.54. The van der Waals surface area contributed by atoms with Gasteiger partial charge in [0, 0.05) is 6.04 Å². The van der Waals surface area contributed by atoms with E-state index in [9.17, 15) is 0 Å². The Balaban J connectivity index is 2.23. The Morgan fingerprint density at radius 3 is 2.73 bits per heavy atom. The standard InChI is InChI=1S/C9H19NO/c1-7(2)11-9-4-5-10-8(3)6-9/h7-10H,4-6H2,1-3H3/t8-,9+/m1/s1. The van der Waals surface area contributed by atoms with Crippen LogP contribution in [0.2, 0.25) is 0 Å². The van der Waals surface area contributed by atoms with Gasteiger partial charge in [-0.05, 0) is 40.2 Å². The molecule has 0 unspecified atom stereocenters. The molecule has 2 heteroatoms. The second kappa shape index (κ2) is 4.07. The first-order valence-corrected chi connectivity index (χ1v) is 4.57. The van der Waals surface area contributed by atoms with E-state index in [1.165, 1.54) is 6.42 Å².